The van der Waals surface area contributed by atoms with E-state index in [4.69, 9.17) is 21.7 Å². The molecule has 0 radical (unpaired) electrons. The summed E-state index contributed by atoms with van der Waals surface area (Å²) in [5.41, 5.74) is -5.65. The summed E-state index contributed by atoms with van der Waals surface area (Å²) < 4.78 is 70.4. The van der Waals surface area contributed by atoms with Crippen LogP contribution in [0.4, 0.5) is 13.2 Å². The molecule has 24 heavy (non-hydrogen) atoms. The van der Waals surface area contributed by atoms with Gasteiger partial charge in [-0.3, -0.25) is 0 Å². The summed E-state index contributed by atoms with van der Waals surface area (Å²) in [7, 11) is -10.1. The molecule has 0 N–H and O–H groups in total. The summed E-state index contributed by atoms with van der Waals surface area (Å²) in [6.45, 7) is 18.1. The SMILES string of the molecule is CC[P+](CC)(CC)N=P(C)(C)O[Si](C)(C)C.O=S(=O)([O-])C(F)(F)F. The molecule has 0 aliphatic carbocycles. The molecular weight excluding hydrogens is 401 g/mol. The average Bonchev–Trinajstić information content (AvgIpc) is 2.31. The molecule has 0 amide bonds. The first-order valence-corrected chi connectivity index (χ1v) is 17.2. The lowest BCUT2D eigenvalue weighted by molar-refractivity contribution is -0.0517. The molecule has 0 aromatic heterocycles. The molecule has 0 atom stereocenters. The summed E-state index contributed by atoms with van der Waals surface area (Å²) in [4.78, 5) is 0. The van der Waals surface area contributed by atoms with Crippen molar-refractivity contribution in [1.29, 1.82) is 0 Å². The van der Waals surface area contributed by atoms with E-state index in [1.807, 2.05) is 0 Å². The Morgan fingerprint density at radius 2 is 1.38 bits per heavy atom. The zero-order valence-corrected chi connectivity index (χ0v) is 19.2. The summed E-state index contributed by atoms with van der Waals surface area (Å²) in [6, 6.07) is 0. The van der Waals surface area contributed by atoms with Crippen molar-refractivity contribution >= 4 is 33.1 Å². The number of hydrogen-bond acceptors (Lipinski definition) is 5. The summed E-state index contributed by atoms with van der Waals surface area (Å²) in [5.74, 6) is 0. The number of rotatable bonds is 6. The Balaban J connectivity index is 0. The molecule has 0 aromatic rings. The first-order chi connectivity index (χ1) is 10.3. The molecule has 0 heterocycles. The third-order valence-electron chi connectivity index (χ3n) is 2.95. The van der Waals surface area contributed by atoms with Crippen molar-refractivity contribution in [3.8, 4) is 0 Å². The van der Waals surface area contributed by atoms with Gasteiger partial charge in [0, 0.05) is 0 Å². The van der Waals surface area contributed by atoms with E-state index in [0.717, 1.165) is 0 Å². The number of halogens is 3. The van der Waals surface area contributed by atoms with Gasteiger partial charge >= 0.3 is 5.51 Å². The smallest absolute Gasteiger partial charge is 0.485 e. The molecule has 0 aromatic carbocycles. The Hall–Kier alpha value is 0.537. The largest absolute Gasteiger partial charge is 0.741 e. The third kappa shape index (κ3) is 11.2. The molecule has 0 spiro atoms. The van der Waals surface area contributed by atoms with E-state index in [2.05, 4.69) is 53.7 Å². The van der Waals surface area contributed by atoms with Gasteiger partial charge in [-0.15, -0.1) is 4.52 Å². The minimum Gasteiger partial charge on any atom is -0.741 e. The van der Waals surface area contributed by atoms with Gasteiger partial charge in [-0.2, -0.15) is 13.2 Å². The van der Waals surface area contributed by atoms with Gasteiger partial charge < -0.3 is 8.77 Å². The van der Waals surface area contributed by atoms with Crippen molar-refractivity contribution in [3.63, 3.8) is 0 Å². The molecule has 148 valence electrons. The molecule has 0 saturated heterocycles. The molecule has 0 rings (SSSR count). The Morgan fingerprint density at radius 3 is 1.54 bits per heavy atom. The maximum Gasteiger partial charge on any atom is 0.485 e. The lowest BCUT2D eigenvalue weighted by Crippen LogP contribution is -2.23. The third-order valence-corrected chi connectivity index (χ3v) is 14.3. The van der Waals surface area contributed by atoms with E-state index in [9.17, 15) is 13.2 Å². The highest BCUT2D eigenvalue weighted by Gasteiger charge is 2.37. The highest BCUT2D eigenvalue weighted by molar-refractivity contribution is 7.86. The van der Waals surface area contributed by atoms with Gasteiger partial charge in [0.05, 0.1) is 18.5 Å². The summed E-state index contributed by atoms with van der Waals surface area (Å²) >= 11 is 0. The monoisotopic (exact) mass is 431 g/mol. The van der Waals surface area contributed by atoms with Gasteiger partial charge in [-0.1, -0.05) is 0 Å². The van der Waals surface area contributed by atoms with E-state index in [1.165, 1.54) is 18.5 Å². The molecule has 0 aliphatic rings. The summed E-state index contributed by atoms with van der Waals surface area (Å²) in [5, 5.41) is 0. The van der Waals surface area contributed by atoms with Crippen molar-refractivity contribution in [2.24, 2.45) is 4.52 Å². The van der Waals surface area contributed by atoms with Gasteiger partial charge in [-0.25, -0.2) is 8.42 Å². The van der Waals surface area contributed by atoms with Crippen LogP contribution >= 0.6 is 14.7 Å². The zero-order chi connectivity index (χ0) is 20.0. The van der Waals surface area contributed by atoms with Gasteiger partial charge in [0.2, 0.25) is 0 Å². The van der Waals surface area contributed by atoms with Gasteiger partial charge in [0.15, 0.2) is 18.4 Å². The quantitative estimate of drug-likeness (QED) is 0.249. The number of nitrogens with zero attached hydrogens (tertiary/aromatic N) is 1. The number of alkyl halides is 3. The van der Waals surface area contributed by atoms with E-state index in [1.54, 1.807) is 0 Å². The molecule has 0 fully saturated rings. The predicted octanol–water partition coefficient (Wildman–Crippen LogP) is 5.26. The predicted molar refractivity (Wildman–Crippen MR) is 99.9 cm³/mol. The second-order valence-corrected chi connectivity index (χ2v) is 20.2. The van der Waals surface area contributed by atoms with Crippen LogP contribution in [0.5, 0.6) is 0 Å². The lowest BCUT2D eigenvalue weighted by Gasteiger charge is -2.28. The Bertz CT molecular complexity index is 529. The topological polar surface area (TPSA) is 78.8 Å². The Morgan fingerprint density at radius 1 is 1.08 bits per heavy atom. The Kier molecular flexibility index (Phi) is 10.6. The van der Waals surface area contributed by atoms with Gasteiger partial charge in [-0.05, 0) is 53.7 Å². The molecule has 0 saturated carbocycles. The zero-order valence-electron chi connectivity index (χ0n) is 15.6. The van der Waals surface area contributed by atoms with Crippen LogP contribution in [-0.4, -0.2) is 58.6 Å². The fourth-order valence-electron chi connectivity index (χ4n) is 2.01. The van der Waals surface area contributed by atoms with Crippen LogP contribution in [0, 0.1) is 0 Å². The van der Waals surface area contributed by atoms with E-state index in [-0.39, 0.29) is 0 Å². The maximum atomic E-state index is 10.7. The van der Waals surface area contributed by atoms with Crippen molar-refractivity contribution in [2.45, 2.75) is 45.9 Å². The Labute approximate surface area is 146 Å². The minimum atomic E-state index is -6.09. The number of hydrogen-bond donors (Lipinski definition) is 0. The maximum absolute atomic E-state index is 10.7. The average molecular weight is 431 g/mol. The van der Waals surface area contributed by atoms with Crippen LogP contribution in [0.1, 0.15) is 20.8 Å². The van der Waals surface area contributed by atoms with Crippen LogP contribution in [0.15, 0.2) is 4.52 Å². The van der Waals surface area contributed by atoms with Crippen LogP contribution in [0.25, 0.3) is 0 Å². The highest BCUT2D eigenvalue weighted by atomic mass is 32.2. The van der Waals surface area contributed by atoms with Crippen LogP contribution in [0.2, 0.25) is 19.6 Å². The van der Waals surface area contributed by atoms with Crippen LogP contribution in [-0.2, 0) is 14.3 Å². The van der Waals surface area contributed by atoms with Crippen molar-refractivity contribution in [1.82, 2.24) is 0 Å². The van der Waals surface area contributed by atoms with E-state index in [0.29, 0.717) is 0 Å². The molecule has 5 nitrogen and oxygen atoms in total. The second-order valence-electron chi connectivity index (χ2n) is 6.53. The van der Waals surface area contributed by atoms with Gasteiger partial charge in [0.1, 0.15) is 14.7 Å². The van der Waals surface area contributed by atoms with Crippen LogP contribution < -0.4 is 0 Å². The van der Waals surface area contributed by atoms with E-state index >= 15 is 0 Å². The molecule has 0 bridgehead atoms. The molecule has 0 aliphatic heterocycles. The first kappa shape index (κ1) is 26.8. The van der Waals surface area contributed by atoms with Crippen molar-refractivity contribution in [2.75, 3.05) is 31.8 Å². The van der Waals surface area contributed by atoms with Crippen LogP contribution in [0.3, 0.4) is 0 Å². The van der Waals surface area contributed by atoms with Crippen molar-refractivity contribution < 1.29 is 30.4 Å². The standard InChI is InChI=1S/C11H30NOP2Si.CHF3O3S/c1-9-15(10-2,11-3)12-14(4,5)13-16(6,7)8;2-1(3,4)8(5,6)7/h9-11H2,1-8H3;(H,5,6,7)/q+1;/p-1. The van der Waals surface area contributed by atoms with E-state index < -0.39 is 38.6 Å². The molecule has 0 unspecified atom stereocenters. The molecule has 12 heteroatoms. The first-order valence-electron chi connectivity index (χ1n) is 7.52. The summed E-state index contributed by atoms with van der Waals surface area (Å²) in [6.07, 6.45) is 3.70. The second kappa shape index (κ2) is 9.47. The fourth-order valence-corrected chi connectivity index (χ4v) is 14.4. The lowest BCUT2D eigenvalue weighted by atomic mass is 10.9. The molecular formula is C12H30F3NO4P2SSi. The van der Waals surface area contributed by atoms with Gasteiger partial charge in [0.25, 0.3) is 0 Å². The fraction of sp³-hybridized carbons (Fsp3) is 1.00. The normalized spacial score (nSPS) is 14.0. The minimum absolute atomic E-state index is 1.07. The highest BCUT2D eigenvalue weighted by Crippen LogP contribution is 2.67. The van der Waals surface area contributed by atoms with Crippen molar-refractivity contribution in [3.05, 3.63) is 0 Å².